The van der Waals surface area contributed by atoms with Crippen LogP contribution in [-0.2, 0) is 23.2 Å². The smallest absolute Gasteiger partial charge is 0.258 e. The molecule has 5 nitrogen and oxygen atoms in total. The minimum Gasteiger partial charge on any atom is -0.325 e. The molecule has 1 saturated carbocycles. The number of benzene rings is 2. The van der Waals surface area contributed by atoms with Gasteiger partial charge in [-0.25, -0.2) is 4.98 Å². The quantitative estimate of drug-likeness (QED) is 0.246. The molecule has 6 heteroatoms. The number of nitrogens with one attached hydrogen (secondary N) is 1. The maximum Gasteiger partial charge on any atom is 0.258 e. The number of aryl methyl sites for hydroxylation is 1. The van der Waals surface area contributed by atoms with Gasteiger partial charge in [0.2, 0.25) is 5.91 Å². The number of anilines is 1. The molecule has 2 aliphatic rings. The summed E-state index contributed by atoms with van der Waals surface area (Å²) in [5.74, 6) is 0.0454. The predicted octanol–water partition coefficient (Wildman–Crippen LogP) is 6.28. The lowest BCUT2D eigenvalue weighted by Gasteiger charge is -2.42. The number of aromatic nitrogens is 2. The number of nitrogens with zero attached hydrogens (tertiary/aromatic N) is 2. The lowest BCUT2D eigenvalue weighted by atomic mass is 9.62. The molecular weight excluding hydrogens is 466 g/mol. The van der Waals surface area contributed by atoms with Gasteiger partial charge in [0, 0.05) is 23.2 Å². The first kappa shape index (κ1) is 24.6. The van der Waals surface area contributed by atoms with Gasteiger partial charge in [0.05, 0.1) is 17.0 Å². The van der Waals surface area contributed by atoms with Crippen molar-refractivity contribution in [2.45, 2.75) is 69.5 Å². The molecule has 36 heavy (non-hydrogen) atoms. The van der Waals surface area contributed by atoms with Gasteiger partial charge in [-0.05, 0) is 50.8 Å². The number of hydrogen-bond acceptors (Lipinski definition) is 4. The molecule has 1 N–H and O–H groups in total. The van der Waals surface area contributed by atoms with Crippen molar-refractivity contribution in [2.75, 3.05) is 11.1 Å². The first-order valence-corrected chi connectivity index (χ1v) is 13.7. The van der Waals surface area contributed by atoms with Crippen LogP contribution in [-0.4, -0.2) is 21.2 Å². The van der Waals surface area contributed by atoms with Crippen molar-refractivity contribution in [3.8, 4) is 11.3 Å². The normalized spacial score (nSPS) is 15.7. The Labute approximate surface area is 217 Å². The van der Waals surface area contributed by atoms with E-state index in [2.05, 4.69) is 30.1 Å². The summed E-state index contributed by atoms with van der Waals surface area (Å²) in [6.45, 7) is 8.41. The highest BCUT2D eigenvalue weighted by Gasteiger charge is 2.43. The van der Waals surface area contributed by atoms with Crippen molar-refractivity contribution < 1.29 is 4.79 Å². The number of carbonyl (C=O) groups excluding carboxylic acids is 1. The van der Waals surface area contributed by atoms with E-state index in [1.807, 2.05) is 44.2 Å². The Morgan fingerprint density at radius 1 is 1.11 bits per heavy atom. The van der Waals surface area contributed by atoms with E-state index in [9.17, 15) is 9.59 Å². The third-order valence-corrected chi connectivity index (χ3v) is 8.35. The number of thioether (sulfide) groups is 1. The van der Waals surface area contributed by atoms with Crippen LogP contribution in [0.4, 0.5) is 5.69 Å². The molecule has 0 saturated heterocycles. The number of rotatable bonds is 6. The number of allylic oxidation sites excluding steroid dienone is 1. The molecule has 2 aliphatic carbocycles. The van der Waals surface area contributed by atoms with Gasteiger partial charge in [-0.15, -0.1) is 0 Å². The van der Waals surface area contributed by atoms with E-state index in [0.29, 0.717) is 11.7 Å². The zero-order valence-electron chi connectivity index (χ0n) is 21.1. The lowest BCUT2D eigenvalue weighted by molar-refractivity contribution is -0.113. The first-order chi connectivity index (χ1) is 17.4. The fourth-order valence-corrected chi connectivity index (χ4v) is 6.50. The van der Waals surface area contributed by atoms with E-state index in [-0.39, 0.29) is 22.6 Å². The predicted molar refractivity (Wildman–Crippen MR) is 148 cm³/mol. The molecular formula is C30H33N3O2S. The van der Waals surface area contributed by atoms with Crippen LogP contribution in [0, 0.1) is 6.92 Å². The van der Waals surface area contributed by atoms with Crippen LogP contribution in [0.5, 0.6) is 0 Å². The van der Waals surface area contributed by atoms with Crippen molar-refractivity contribution in [3.63, 3.8) is 0 Å². The molecule has 186 valence electrons. The van der Waals surface area contributed by atoms with E-state index >= 15 is 0 Å². The van der Waals surface area contributed by atoms with Crippen molar-refractivity contribution in [3.05, 3.63) is 87.7 Å². The third-order valence-electron chi connectivity index (χ3n) is 7.37. The van der Waals surface area contributed by atoms with Crippen LogP contribution in [0.1, 0.15) is 55.7 Å². The van der Waals surface area contributed by atoms with Crippen LogP contribution < -0.4 is 10.9 Å². The summed E-state index contributed by atoms with van der Waals surface area (Å²) in [5.41, 5.74) is 6.66. The zero-order valence-corrected chi connectivity index (χ0v) is 21.9. The van der Waals surface area contributed by atoms with Crippen LogP contribution in [0.3, 0.4) is 0 Å². The second-order valence-corrected chi connectivity index (χ2v) is 11.3. The SMILES string of the molecule is C=C(C)Cn1c(SCC(=O)Nc2ccc(C)cc2)nc2c(c1=O)C1(CCCCC1)Cc1ccccc1-2. The minimum atomic E-state index is -0.158. The minimum absolute atomic E-state index is 0.0286. The standard InChI is InChI=1S/C30H33N3O2S/c1-20(2)18-33-28(35)26-27(24-10-6-5-9-22(24)17-30(26)15-7-4-8-16-30)32-29(33)36-19-25(34)31-23-13-11-21(3)12-14-23/h5-6,9-14H,1,4,7-8,15-19H2,2-3H3,(H,31,34). The average molecular weight is 500 g/mol. The second-order valence-electron chi connectivity index (χ2n) is 10.3. The molecule has 0 bridgehead atoms. The summed E-state index contributed by atoms with van der Waals surface area (Å²) in [4.78, 5) is 32.1. The van der Waals surface area contributed by atoms with E-state index in [1.54, 1.807) is 4.57 Å². The highest BCUT2D eigenvalue weighted by Crippen LogP contribution is 2.48. The fraction of sp³-hybridized carbons (Fsp3) is 0.367. The molecule has 1 fully saturated rings. The van der Waals surface area contributed by atoms with E-state index in [0.717, 1.165) is 65.7 Å². The number of amides is 1. The Balaban J connectivity index is 1.54. The maximum absolute atomic E-state index is 14.2. The highest BCUT2D eigenvalue weighted by atomic mass is 32.2. The molecule has 3 aromatic rings. The Hall–Kier alpha value is -3.12. The van der Waals surface area contributed by atoms with Crippen LogP contribution >= 0.6 is 11.8 Å². The molecule has 0 aliphatic heterocycles. The van der Waals surface area contributed by atoms with E-state index in [1.165, 1.54) is 23.7 Å². The number of fused-ring (bicyclic) bond motifs is 4. The molecule has 1 amide bonds. The largest absolute Gasteiger partial charge is 0.325 e. The van der Waals surface area contributed by atoms with Gasteiger partial charge in [-0.1, -0.05) is 85.1 Å². The fourth-order valence-electron chi connectivity index (χ4n) is 5.71. The van der Waals surface area contributed by atoms with Crippen LogP contribution in [0.15, 0.2) is 70.6 Å². The summed E-state index contributed by atoms with van der Waals surface area (Å²) in [6.07, 6.45) is 6.42. The Bertz CT molecular complexity index is 1370. The van der Waals surface area contributed by atoms with Crippen molar-refractivity contribution in [2.24, 2.45) is 0 Å². The molecule has 0 radical (unpaired) electrons. The molecule has 5 rings (SSSR count). The van der Waals surface area contributed by atoms with Crippen molar-refractivity contribution in [1.29, 1.82) is 0 Å². The monoisotopic (exact) mass is 499 g/mol. The summed E-state index contributed by atoms with van der Waals surface area (Å²) < 4.78 is 1.75. The Morgan fingerprint density at radius 3 is 2.56 bits per heavy atom. The average Bonchev–Trinajstić information content (AvgIpc) is 2.86. The van der Waals surface area contributed by atoms with Gasteiger partial charge in [0.25, 0.3) is 5.56 Å². The van der Waals surface area contributed by atoms with Gasteiger partial charge in [-0.3, -0.25) is 14.2 Å². The first-order valence-electron chi connectivity index (χ1n) is 12.7. The van der Waals surface area contributed by atoms with Crippen LogP contribution in [0.25, 0.3) is 11.3 Å². The van der Waals surface area contributed by atoms with Gasteiger partial charge in [0.1, 0.15) is 0 Å². The van der Waals surface area contributed by atoms with E-state index in [4.69, 9.17) is 4.98 Å². The van der Waals surface area contributed by atoms with Gasteiger partial charge < -0.3 is 5.32 Å². The molecule has 2 aromatic carbocycles. The number of carbonyl (C=O) groups is 1. The number of hydrogen-bond donors (Lipinski definition) is 1. The second kappa shape index (κ2) is 10.1. The molecule has 0 unspecified atom stereocenters. The highest BCUT2D eigenvalue weighted by molar-refractivity contribution is 7.99. The van der Waals surface area contributed by atoms with E-state index < -0.39 is 0 Å². The summed E-state index contributed by atoms with van der Waals surface area (Å²) in [7, 11) is 0. The summed E-state index contributed by atoms with van der Waals surface area (Å²) in [5, 5.41) is 3.52. The summed E-state index contributed by atoms with van der Waals surface area (Å²) in [6, 6.07) is 16.1. The maximum atomic E-state index is 14.2. The van der Waals surface area contributed by atoms with Crippen LogP contribution in [0.2, 0.25) is 0 Å². The molecule has 1 aromatic heterocycles. The Morgan fingerprint density at radius 2 is 1.83 bits per heavy atom. The molecule has 0 atom stereocenters. The van der Waals surface area contributed by atoms with Gasteiger partial charge in [-0.2, -0.15) is 0 Å². The summed E-state index contributed by atoms with van der Waals surface area (Å²) >= 11 is 1.31. The van der Waals surface area contributed by atoms with Gasteiger partial charge >= 0.3 is 0 Å². The molecule has 1 heterocycles. The third kappa shape index (κ3) is 4.79. The van der Waals surface area contributed by atoms with Crippen molar-refractivity contribution in [1.82, 2.24) is 9.55 Å². The van der Waals surface area contributed by atoms with Crippen molar-refractivity contribution >= 4 is 23.4 Å². The Kier molecular flexibility index (Phi) is 6.89. The zero-order chi connectivity index (χ0) is 25.3. The van der Waals surface area contributed by atoms with Gasteiger partial charge in [0.15, 0.2) is 5.16 Å². The topological polar surface area (TPSA) is 64.0 Å². The molecule has 1 spiro atoms. The lowest BCUT2D eigenvalue weighted by Crippen LogP contribution is -2.43.